The number of primary sulfonamides is 1. The highest BCUT2D eigenvalue weighted by Gasteiger charge is 2.20. The van der Waals surface area contributed by atoms with Gasteiger partial charge in [0.05, 0.1) is 24.5 Å². The molecule has 0 spiro atoms. The molecule has 0 aliphatic rings. The van der Waals surface area contributed by atoms with E-state index in [1.807, 2.05) is 0 Å². The molecule has 0 fully saturated rings. The zero-order chi connectivity index (χ0) is 14.5. The largest absolute Gasteiger partial charge is 0.385 e. The summed E-state index contributed by atoms with van der Waals surface area (Å²) in [5.41, 5.74) is 0.958. The monoisotopic (exact) mass is 291 g/mol. The number of hydrogen-bond donors (Lipinski definition) is 1. The third kappa shape index (κ3) is 4.57. The van der Waals surface area contributed by atoms with Gasteiger partial charge in [0.15, 0.2) is 0 Å². The summed E-state index contributed by atoms with van der Waals surface area (Å²) < 4.78 is 34.7. The van der Waals surface area contributed by atoms with Crippen LogP contribution in [-0.2, 0) is 26.0 Å². The summed E-state index contributed by atoms with van der Waals surface area (Å²) in [7, 11) is -2.08. The third-order valence-corrected chi connectivity index (χ3v) is 3.84. The van der Waals surface area contributed by atoms with Crippen LogP contribution in [-0.4, -0.2) is 45.1 Å². The predicted molar refractivity (Wildman–Crippen MR) is 70.4 cm³/mol. The van der Waals surface area contributed by atoms with Crippen molar-refractivity contribution in [2.24, 2.45) is 5.14 Å². The lowest BCUT2D eigenvalue weighted by atomic mass is 10.4. The van der Waals surface area contributed by atoms with Gasteiger partial charge in [-0.15, -0.1) is 0 Å². The fraction of sp³-hybridized carbons (Fsp3) is 0.727. The van der Waals surface area contributed by atoms with E-state index in [1.165, 1.54) is 0 Å². The van der Waals surface area contributed by atoms with Gasteiger partial charge in [-0.3, -0.25) is 4.68 Å². The summed E-state index contributed by atoms with van der Waals surface area (Å²) in [5.74, 6) is 0. The summed E-state index contributed by atoms with van der Waals surface area (Å²) in [5, 5.41) is 9.32. The van der Waals surface area contributed by atoms with Crippen molar-refractivity contribution in [2.75, 3.05) is 26.9 Å². The van der Waals surface area contributed by atoms with Gasteiger partial charge in [0.2, 0.25) is 10.0 Å². The Labute approximate surface area is 113 Å². The Kier molecular flexibility index (Phi) is 5.92. The van der Waals surface area contributed by atoms with Crippen molar-refractivity contribution in [3.8, 4) is 0 Å². The molecule has 7 nitrogen and oxygen atoms in total. The lowest BCUT2D eigenvalue weighted by Gasteiger charge is -2.06. The van der Waals surface area contributed by atoms with E-state index in [1.54, 1.807) is 25.6 Å². The van der Waals surface area contributed by atoms with E-state index in [9.17, 15) is 8.42 Å². The molecule has 2 N–H and O–H groups in total. The number of nitrogens with two attached hydrogens (primary N) is 1. The number of aryl methyl sites for hydroxylation is 1. The molecular formula is C11H21N3O4S. The first-order valence-corrected chi connectivity index (χ1v) is 7.56. The molecule has 19 heavy (non-hydrogen) atoms. The smallest absolute Gasteiger partial charge is 0.241 e. The maximum Gasteiger partial charge on any atom is 0.241 e. The van der Waals surface area contributed by atoms with Crippen LogP contribution in [0.15, 0.2) is 4.90 Å². The average molecular weight is 291 g/mol. The van der Waals surface area contributed by atoms with Crippen molar-refractivity contribution >= 4 is 10.0 Å². The van der Waals surface area contributed by atoms with Crippen molar-refractivity contribution in [3.63, 3.8) is 0 Å². The number of hydrogen-bond acceptors (Lipinski definition) is 5. The second kappa shape index (κ2) is 6.99. The lowest BCUT2D eigenvalue weighted by molar-refractivity contribution is 0.0957. The molecule has 0 aromatic carbocycles. The Morgan fingerprint density at radius 1 is 1.26 bits per heavy atom. The lowest BCUT2D eigenvalue weighted by Crippen LogP contribution is -2.15. The fourth-order valence-corrected chi connectivity index (χ4v) is 2.84. The second-order valence-electron chi connectivity index (χ2n) is 4.23. The average Bonchev–Trinajstić information content (AvgIpc) is 2.58. The van der Waals surface area contributed by atoms with Crippen LogP contribution >= 0.6 is 0 Å². The molecule has 0 saturated heterocycles. The fourth-order valence-electron chi connectivity index (χ4n) is 1.87. The number of nitrogens with zero attached hydrogens (tertiary/aromatic N) is 2. The highest BCUT2D eigenvalue weighted by atomic mass is 32.2. The highest BCUT2D eigenvalue weighted by molar-refractivity contribution is 7.89. The first-order chi connectivity index (χ1) is 8.88. The van der Waals surface area contributed by atoms with Crippen LogP contribution in [0.5, 0.6) is 0 Å². The molecule has 0 aliphatic heterocycles. The van der Waals surface area contributed by atoms with Crippen molar-refractivity contribution in [2.45, 2.75) is 31.7 Å². The zero-order valence-electron chi connectivity index (χ0n) is 11.5. The Morgan fingerprint density at radius 2 is 1.95 bits per heavy atom. The van der Waals surface area contributed by atoms with Gasteiger partial charge < -0.3 is 9.47 Å². The van der Waals surface area contributed by atoms with Crippen molar-refractivity contribution in [1.82, 2.24) is 9.78 Å². The highest BCUT2D eigenvalue weighted by Crippen LogP contribution is 2.17. The Balaban J connectivity index is 2.57. The zero-order valence-corrected chi connectivity index (χ0v) is 12.4. The van der Waals surface area contributed by atoms with E-state index in [4.69, 9.17) is 14.6 Å². The third-order valence-electron chi connectivity index (χ3n) is 2.68. The van der Waals surface area contributed by atoms with Gasteiger partial charge in [-0.25, -0.2) is 13.6 Å². The molecule has 0 amide bonds. The first-order valence-electron chi connectivity index (χ1n) is 6.01. The van der Waals surface area contributed by atoms with Gasteiger partial charge in [0.1, 0.15) is 4.90 Å². The van der Waals surface area contributed by atoms with E-state index in [0.29, 0.717) is 37.8 Å². The first kappa shape index (κ1) is 16.1. The second-order valence-corrected chi connectivity index (χ2v) is 5.73. The van der Waals surface area contributed by atoms with Gasteiger partial charge in [0, 0.05) is 20.3 Å². The molecule has 0 saturated carbocycles. The van der Waals surface area contributed by atoms with E-state index in [-0.39, 0.29) is 4.90 Å². The predicted octanol–water partition coefficient (Wildman–Crippen LogP) is 0.200. The minimum absolute atomic E-state index is 0.104. The molecule has 1 heterocycles. The Hall–Kier alpha value is -0.960. The molecule has 0 radical (unpaired) electrons. The molecule has 0 unspecified atom stereocenters. The quantitative estimate of drug-likeness (QED) is 0.690. The molecule has 1 rings (SSSR count). The van der Waals surface area contributed by atoms with Crippen LogP contribution in [0.25, 0.3) is 0 Å². The maximum atomic E-state index is 11.4. The molecule has 0 atom stereocenters. The molecule has 8 heteroatoms. The van der Waals surface area contributed by atoms with Crippen LogP contribution in [0, 0.1) is 13.8 Å². The number of rotatable bonds is 8. The van der Waals surface area contributed by atoms with Crippen molar-refractivity contribution in [3.05, 3.63) is 11.4 Å². The van der Waals surface area contributed by atoms with E-state index >= 15 is 0 Å². The normalized spacial score (nSPS) is 12.0. The number of ether oxygens (including phenoxy) is 2. The van der Waals surface area contributed by atoms with Gasteiger partial charge in [-0.1, -0.05) is 0 Å². The Morgan fingerprint density at radius 3 is 2.47 bits per heavy atom. The summed E-state index contributed by atoms with van der Waals surface area (Å²) >= 11 is 0. The number of sulfonamides is 1. The maximum absolute atomic E-state index is 11.4. The van der Waals surface area contributed by atoms with Gasteiger partial charge >= 0.3 is 0 Å². The van der Waals surface area contributed by atoms with Crippen molar-refractivity contribution in [1.29, 1.82) is 0 Å². The molecule has 1 aromatic rings. The van der Waals surface area contributed by atoms with Crippen molar-refractivity contribution < 1.29 is 17.9 Å². The molecule has 110 valence electrons. The summed E-state index contributed by atoms with van der Waals surface area (Å²) in [6.07, 6.45) is 0.829. The minimum atomic E-state index is -3.73. The Bertz CT molecular complexity index is 510. The van der Waals surface area contributed by atoms with Crippen LogP contribution < -0.4 is 5.14 Å². The minimum Gasteiger partial charge on any atom is -0.385 e. The van der Waals surface area contributed by atoms with Gasteiger partial charge in [0.25, 0.3) is 0 Å². The summed E-state index contributed by atoms with van der Waals surface area (Å²) in [6.45, 7) is 5.54. The molecule has 0 bridgehead atoms. The van der Waals surface area contributed by atoms with E-state index in [0.717, 1.165) is 6.42 Å². The van der Waals surface area contributed by atoms with Crippen LogP contribution in [0.3, 0.4) is 0 Å². The van der Waals surface area contributed by atoms with E-state index in [2.05, 4.69) is 5.10 Å². The number of aromatic nitrogens is 2. The molecular weight excluding hydrogens is 270 g/mol. The standard InChI is InChI=1S/C11H21N3O4S/c1-9-11(19(12,15)16)10(2)14(13-9)5-8-18-7-4-6-17-3/h4-8H2,1-3H3,(H2,12,15,16). The van der Waals surface area contributed by atoms with E-state index < -0.39 is 10.0 Å². The SMILES string of the molecule is COCCCOCCn1nc(C)c(S(N)(=O)=O)c1C. The summed E-state index contributed by atoms with van der Waals surface area (Å²) in [4.78, 5) is 0.104. The molecule has 0 aliphatic carbocycles. The van der Waals surface area contributed by atoms with Crippen LogP contribution in [0.4, 0.5) is 0 Å². The van der Waals surface area contributed by atoms with Crippen LogP contribution in [0.1, 0.15) is 17.8 Å². The van der Waals surface area contributed by atoms with Crippen LogP contribution in [0.2, 0.25) is 0 Å². The van der Waals surface area contributed by atoms with Gasteiger partial charge in [-0.2, -0.15) is 5.10 Å². The number of methoxy groups -OCH3 is 1. The topological polar surface area (TPSA) is 96.4 Å². The summed E-state index contributed by atoms with van der Waals surface area (Å²) in [6, 6.07) is 0. The molecule has 1 aromatic heterocycles. The van der Waals surface area contributed by atoms with Gasteiger partial charge in [-0.05, 0) is 20.3 Å².